The summed E-state index contributed by atoms with van der Waals surface area (Å²) in [5.41, 5.74) is 0.311. The van der Waals surface area contributed by atoms with Crippen LogP contribution in [-0.2, 0) is 4.79 Å². The van der Waals surface area contributed by atoms with Gasteiger partial charge in [-0.2, -0.15) is 0 Å². The molecule has 6 heteroatoms. The fourth-order valence-corrected chi connectivity index (χ4v) is 2.65. The Hall–Kier alpha value is -1.95. The Morgan fingerprint density at radius 2 is 1.90 bits per heavy atom. The molecule has 2 unspecified atom stereocenters. The van der Waals surface area contributed by atoms with E-state index in [0.29, 0.717) is 18.5 Å². The summed E-state index contributed by atoms with van der Waals surface area (Å²) >= 11 is 0. The minimum atomic E-state index is -1.00. The van der Waals surface area contributed by atoms with Crippen molar-refractivity contribution in [3.63, 3.8) is 0 Å². The summed E-state index contributed by atoms with van der Waals surface area (Å²) in [5, 5.41) is 9.38. The first kappa shape index (κ1) is 15.4. The van der Waals surface area contributed by atoms with Crippen LogP contribution in [0, 0.1) is 5.82 Å². The number of carbonyl (C=O) groups is 2. The van der Waals surface area contributed by atoms with Crippen LogP contribution in [0.3, 0.4) is 0 Å². The molecule has 2 atom stereocenters. The van der Waals surface area contributed by atoms with Crippen molar-refractivity contribution < 1.29 is 19.1 Å². The molecule has 1 N–H and O–H groups in total. The van der Waals surface area contributed by atoms with Gasteiger partial charge in [-0.25, -0.2) is 9.18 Å². The Bertz CT molecular complexity index is 530. The number of carboxylic acids is 1. The molecule has 0 aliphatic carbocycles. The van der Waals surface area contributed by atoms with E-state index >= 15 is 0 Å². The van der Waals surface area contributed by atoms with Crippen LogP contribution in [0.15, 0.2) is 24.3 Å². The van der Waals surface area contributed by atoms with Gasteiger partial charge in [-0.3, -0.25) is 4.79 Å². The van der Waals surface area contributed by atoms with Crippen molar-refractivity contribution in [2.45, 2.75) is 24.9 Å². The molecule has 114 valence electrons. The van der Waals surface area contributed by atoms with Crippen molar-refractivity contribution >= 4 is 11.9 Å². The Morgan fingerprint density at radius 1 is 1.29 bits per heavy atom. The van der Waals surface area contributed by atoms with Crippen LogP contribution < -0.4 is 0 Å². The summed E-state index contributed by atoms with van der Waals surface area (Å²) < 4.78 is 12.9. The average Bonchev–Trinajstić information content (AvgIpc) is 2.46. The van der Waals surface area contributed by atoms with Crippen LogP contribution >= 0.6 is 0 Å². The maximum absolute atomic E-state index is 12.9. The number of piperidine rings is 1. The monoisotopic (exact) mass is 294 g/mol. The Morgan fingerprint density at radius 3 is 2.43 bits per heavy atom. The predicted molar refractivity (Wildman–Crippen MR) is 75.6 cm³/mol. The normalized spacial score (nSPS) is 22.4. The third-order valence-corrected chi connectivity index (χ3v) is 3.94. The summed E-state index contributed by atoms with van der Waals surface area (Å²) in [5.74, 6) is -1.79. The molecule has 5 nitrogen and oxygen atoms in total. The number of nitrogens with zero attached hydrogens (tertiary/aromatic N) is 2. The first-order chi connectivity index (χ1) is 9.90. The average molecular weight is 294 g/mol. The van der Waals surface area contributed by atoms with Gasteiger partial charge >= 0.3 is 5.97 Å². The van der Waals surface area contributed by atoms with Crippen LogP contribution in [0.25, 0.3) is 0 Å². The number of rotatable bonds is 3. The number of hydrogen-bond acceptors (Lipinski definition) is 3. The highest BCUT2D eigenvalue weighted by Crippen LogP contribution is 2.23. The van der Waals surface area contributed by atoms with E-state index in [1.165, 1.54) is 29.2 Å². The van der Waals surface area contributed by atoms with Gasteiger partial charge in [0.25, 0.3) is 5.91 Å². The lowest BCUT2D eigenvalue weighted by Gasteiger charge is -2.39. The van der Waals surface area contributed by atoms with E-state index in [0.717, 1.165) is 6.42 Å². The summed E-state index contributed by atoms with van der Waals surface area (Å²) in [4.78, 5) is 27.2. The Kier molecular flexibility index (Phi) is 4.57. The first-order valence-electron chi connectivity index (χ1n) is 6.86. The third-order valence-electron chi connectivity index (χ3n) is 3.94. The highest BCUT2D eigenvalue weighted by atomic mass is 19.1. The van der Waals surface area contributed by atoms with Crippen molar-refractivity contribution in [1.82, 2.24) is 9.80 Å². The van der Waals surface area contributed by atoms with E-state index in [1.807, 2.05) is 19.0 Å². The SMILES string of the molecule is CN(C)C1CCN(C(=O)c2ccc(F)cc2)C(C(=O)O)C1. The first-order valence-corrected chi connectivity index (χ1v) is 6.86. The molecule has 1 fully saturated rings. The molecule has 0 bridgehead atoms. The zero-order valence-corrected chi connectivity index (χ0v) is 12.1. The lowest BCUT2D eigenvalue weighted by molar-refractivity contribution is -0.144. The standard InChI is InChI=1S/C15H19FN2O3/c1-17(2)12-7-8-18(13(9-12)15(20)21)14(19)10-3-5-11(16)6-4-10/h3-6,12-13H,7-9H2,1-2H3,(H,20,21). The molecule has 1 saturated heterocycles. The lowest BCUT2D eigenvalue weighted by Crippen LogP contribution is -2.53. The van der Waals surface area contributed by atoms with E-state index in [2.05, 4.69) is 0 Å². The Balaban J connectivity index is 2.19. The molecule has 1 heterocycles. The molecule has 1 aromatic carbocycles. The van der Waals surface area contributed by atoms with Gasteiger partial charge < -0.3 is 14.9 Å². The fraction of sp³-hybridized carbons (Fsp3) is 0.467. The van der Waals surface area contributed by atoms with E-state index in [1.54, 1.807) is 0 Å². The van der Waals surface area contributed by atoms with Crippen molar-refractivity contribution in [1.29, 1.82) is 0 Å². The van der Waals surface area contributed by atoms with E-state index in [9.17, 15) is 19.1 Å². The van der Waals surface area contributed by atoms with Crippen molar-refractivity contribution in [2.24, 2.45) is 0 Å². The summed E-state index contributed by atoms with van der Waals surface area (Å²) in [6.45, 7) is 0.385. The topological polar surface area (TPSA) is 60.9 Å². The molecule has 1 aliphatic heterocycles. The largest absolute Gasteiger partial charge is 0.480 e. The van der Waals surface area contributed by atoms with Crippen LogP contribution in [0.4, 0.5) is 4.39 Å². The zero-order valence-electron chi connectivity index (χ0n) is 12.1. The number of amides is 1. The van der Waals surface area contributed by atoms with Crippen LogP contribution in [0.1, 0.15) is 23.2 Å². The quantitative estimate of drug-likeness (QED) is 0.916. The molecule has 0 aromatic heterocycles. The molecular formula is C15H19FN2O3. The van der Waals surface area contributed by atoms with Crippen molar-refractivity contribution in [3.8, 4) is 0 Å². The smallest absolute Gasteiger partial charge is 0.326 e. The van der Waals surface area contributed by atoms with Gasteiger partial charge in [0.05, 0.1) is 0 Å². The molecule has 1 aromatic rings. The zero-order chi connectivity index (χ0) is 15.6. The molecule has 0 radical (unpaired) electrons. The highest BCUT2D eigenvalue weighted by Gasteiger charge is 2.37. The number of aliphatic carboxylic acids is 1. The minimum Gasteiger partial charge on any atom is -0.480 e. The molecule has 2 rings (SSSR count). The van der Waals surface area contributed by atoms with Gasteiger partial charge in [-0.1, -0.05) is 0 Å². The summed E-state index contributed by atoms with van der Waals surface area (Å²) in [6, 6.07) is 4.47. The molecule has 0 saturated carbocycles. The molecule has 0 spiro atoms. The van der Waals surface area contributed by atoms with E-state index in [-0.39, 0.29) is 11.9 Å². The van der Waals surface area contributed by atoms with Gasteiger partial charge in [0.1, 0.15) is 11.9 Å². The number of carboxylic acid groups (broad SMARTS) is 1. The van der Waals surface area contributed by atoms with Crippen molar-refractivity contribution in [2.75, 3.05) is 20.6 Å². The summed E-state index contributed by atoms with van der Waals surface area (Å²) in [7, 11) is 3.81. The van der Waals surface area contributed by atoms with Gasteiger partial charge in [-0.15, -0.1) is 0 Å². The molecule has 21 heavy (non-hydrogen) atoms. The molecule has 1 aliphatic rings. The summed E-state index contributed by atoms with van der Waals surface area (Å²) in [6.07, 6.45) is 1.12. The lowest BCUT2D eigenvalue weighted by atomic mass is 9.95. The number of hydrogen-bond donors (Lipinski definition) is 1. The van der Waals surface area contributed by atoms with Gasteiger partial charge in [-0.05, 0) is 51.2 Å². The Labute approximate surface area is 123 Å². The van der Waals surface area contributed by atoms with Gasteiger partial charge in [0.2, 0.25) is 0 Å². The highest BCUT2D eigenvalue weighted by molar-refractivity contribution is 5.96. The molecular weight excluding hydrogens is 275 g/mol. The minimum absolute atomic E-state index is 0.142. The second-order valence-corrected chi connectivity index (χ2v) is 5.50. The van der Waals surface area contributed by atoms with E-state index < -0.39 is 17.8 Å². The van der Waals surface area contributed by atoms with Crippen LogP contribution in [0.2, 0.25) is 0 Å². The number of benzene rings is 1. The predicted octanol–water partition coefficient (Wildman–Crippen LogP) is 1.45. The third kappa shape index (κ3) is 3.39. The van der Waals surface area contributed by atoms with Crippen LogP contribution in [-0.4, -0.2) is 59.5 Å². The second-order valence-electron chi connectivity index (χ2n) is 5.50. The van der Waals surface area contributed by atoms with E-state index in [4.69, 9.17) is 0 Å². The van der Waals surface area contributed by atoms with Gasteiger partial charge in [0.15, 0.2) is 0 Å². The number of likely N-dealkylation sites (tertiary alicyclic amines) is 1. The van der Waals surface area contributed by atoms with Gasteiger partial charge in [0, 0.05) is 18.2 Å². The number of carbonyl (C=O) groups excluding carboxylic acids is 1. The fourth-order valence-electron chi connectivity index (χ4n) is 2.65. The maximum atomic E-state index is 12.9. The maximum Gasteiger partial charge on any atom is 0.326 e. The number of halogens is 1. The molecule has 1 amide bonds. The van der Waals surface area contributed by atoms with Crippen molar-refractivity contribution in [3.05, 3.63) is 35.6 Å². The second kappa shape index (κ2) is 6.22. The van der Waals surface area contributed by atoms with Crippen LogP contribution in [0.5, 0.6) is 0 Å².